The number of nitrogen functional groups attached to an aromatic ring is 1. The van der Waals surface area contributed by atoms with Crippen molar-refractivity contribution in [1.29, 1.82) is 5.26 Å². The van der Waals surface area contributed by atoms with Crippen LogP contribution in [0.15, 0.2) is 0 Å². The molecule has 1 aromatic heterocycles. The Balaban J connectivity index is 3.06. The van der Waals surface area contributed by atoms with Crippen LogP contribution in [0.2, 0.25) is 0 Å². The summed E-state index contributed by atoms with van der Waals surface area (Å²) in [5.41, 5.74) is 5.02. The molecule has 6 heteroatoms. The third-order valence-corrected chi connectivity index (χ3v) is 0.594. The lowest BCUT2D eigenvalue weighted by molar-refractivity contribution is 0.848. The maximum atomic E-state index is 8.13. The van der Waals surface area contributed by atoms with Crippen molar-refractivity contribution in [3.05, 3.63) is 5.82 Å². The van der Waals surface area contributed by atoms with Crippen LogP contribution in [0.1, 0.15) is 5.82 Å². The average Bonchev–Trinajstić information content (AvgIpc) is 1.90. The van der Waals surface area contributed by atoms with Crippen molar-refractivity contribution >= 4 is 5.95 Å². The van der Waals surface area contributed by atoms with E-state index in [4.69, 9.17) is 11.0 Å². The summed E-state index contributed by atoms with van der Waals surface area (Å²) in [7, 11) is 0. The molecule has 0 saturated carbocycles. The Morgan fingerprint density at radius 2 is 1.78 bits per heavy atom. The van der Waals surface area contributed by atoms with E-state index in [9.17, 15) is 0 Å². The molecule has 0 fully saturated rings. The molecule has 0 aromatic carbocycles. The maximum absolute atomic E-state index is 8.13. The van der Waals surface area contributed by atoms with Crippen molar-refractivity contribution in [2.75, 3.05) is 5.73 Å². The molecule has 0 radical (unpaired) electrons. The van der Waals surface area contributed by atoms with Crippen LogP contribution in [0.25, 0.3) is 0 Å². The number of nitrogens with two attached hydrogens (primary N) is 1. The van der Waals surface area contributed by atoms with Crippen LogP contribution in [-0.2, 0) is 0 Å². The zero-order valence-electron chi connectivity index (χ0n) is 4.31. The van der Waals surface area contributed by atoms with Gasteiger partial charge in [0.15, 0.2) is 0 Å². The van der Waals surface area contributed by atoms with E-state index >= 15 is 0 Å². The predicted molar refractivity (Wildman–Crippen MR) is 26.7 cm³/mol. The highest BCUT2D eigenvalue weighted by atomic mass is 15.3. The van der Waals surface area contributed by atoms with Gasteiger partial charge in [-0.25, -0.2) is 0 Å². The Labute approximate surface area is 50.3 Å². The highest BCUT2D eigenvalue weighted by molar-refractivity contribution is 5.11. The Morgan fingerprint density at radius 3 is 2.22 bits per heavy atom. The summed E-state index contributed by atoms with van der Waals surface area (Å²) in [6.07, 6.45) is 0. The number of hydrogen-bond donors (Lipinski definition) is 1. The first-order chi connectivity index (χ1) is 4.33. The molecule has 0 atom stereocenters. The molecule has 1 rings (SSSR count). The topological polar surface area (TPSA) is 101 Å². The number of aromatic nitrogens is 4. The van der Waals surface area contributed by atoms with Gasteiger partial charge in [0, 0.05) is 0 Å². The lowest BCUT2D eigenvalue weighted by Crippen LogP contribution is -2.01. The van der Waals surface area contributed by atoms with E-state index in [0.29, 0.717) is 0 Å². The number of nitrogens with zero attached hydrogens (tertiary/aromatic N) is 5. The van der Waals surface area contributed by atoms with Crippen molar-refractivity contribution in [2.24, 2.45) is 0 Å². The number of anilines is 1. The van der Waals surface area contributed by atoms with Crippen LogP contribution in [0.4, 0.5) is 5.95 Å². The van der Waals surface area contributed by atoms with Crippen molar-refractivity contribution in [3.8, 4) is 6.07 Å². The fraction of sp³-hybridized carbons (Fsp3) is 0. The second-order valence-corrected chi connectivity index (χ2v) is 1.19. The molecular weight excluding hydrogens is 120 g/mol. The highest BCUT2D eigenvalue weighted by Gasteiger charge is 1.92. The molecule has 0 aliphatic rings. The second kappa shape index (κ2) is 2.00. The zero-order valence-corrected chi connectivity index (χ0v) is 4.31. The predicted octanol–water partition coefficient (Wildman–Crippen LogP) is -1.28. The molecule has 2 N–H and O–H groups in total. The molecule has 6 nitrogen and oxygen atoms in total. The van der Waals surface area contributed by atoms with Gasteiger partial charge in [0.1, 0.15) is 6.07 Å². The Bertz CT molecular complexity index is 231. The molecular formula is C3H2N6. The fourth-order valence-electron chi connectivity index (χ4n) is 0.282. The molecule has 0 saturated heterocycles. The molecule has 44 valence electrons. The molecule has 0 unspecified atom stereocenters. The standard InChI is InChI=1S/C3H2N6/c4-1-2-6-8-3(5)9-7-2/h(H2,5,8,9). The zero-order chi connectivity index (χ0) is 6.69. The summed E-state index contributed by atoms with van der Waals surface area (Å²) in [4.78, 5) is 0. The first-order valence-electron chi connectivity index (χ1n) is 2.06. The van der Waals surface area contributed by atoms with Crippen LogP contribution in [0.3, 0.4) is 0 Å². The van der Waals surface area contributed by atoms with Crippen LogP contribution >= 0.6 is 0 Å². The first kappa shape index (κ1) is 5.37. The van der Waals surface area contributed by atoms with Crippen molar-refractivity contribution < 1.29 is 0 Å². The van der Waals surface area contributed by atoms with Crippen molar-refractivity contribution in [1.82, 2.24) is 20.4 Å². The van der Waals surface area contributed by atoms with Gasteiger partial charge in [-0.15, -0.1) is 20.4 Å². The van der Waals surface area contributed by atoms with Gasteiger partial charge in [0.2, 0.25) is 0 Å². The summed E-state index contributed by atoms with van der Waals surface area (Å²) in [5, 5.41) is 21.3. The van der Waals surface area contributed by atoms with E-state index in [0.717, 1.165) is 0 Å². The summed E-state index contributed by atoms with van der Waals surface area (Å²) in [5.74, 6) is -0.113. The van der Waals surface area contributed by atoms with Crippen molar-refractivity contribution in [2.45, 2.75) is 0 Å². The largest absolute Gasteiger partial charge is 0.365 e. The molecule has 1 aromatic rings. The minimum absolute atomic E-state index is 0.0333. The average molecular weight is 122 g/mol. The smallest absolute Gasteiger partial charge is 0.272 e. The summed E-state index contributed by atoms with van der Waals surface area (Å²) in [6.45, 7) is 0. The first-order valence-corrected chi connectivity index (χ1v) is 2.06. The maximum Gasteiger partial charge on any atom is 0.272 e. The number of rotatable bonds is 0. The monoisotopic (exact) mass is 122 g/mol. The minimum atomic E-state index is -0.0794. The molecule has 0 amide bonds. The fourth-order valence-corrected chi connectivity index (χ4v) is 0.282. The van der Waals surface area contributed by atoms with Gasteiger partial charge >= 0.3 is 0 Å². The van der Waals surface area contributed by atoms with E-state index in [1.54, 1.807) is 6.07 Å². The van der Waals surface area contributed by atoms with Crippen molar-refractivity contribution in [3.63, 3.8) is 0 Å². The summed E-state index contributed by atoms with van der Waals surface area (Å²) in [6, 6.07) is 1.65. The van der Waals surface area contributed by atoms with Gasteiger partial charge in [-0.1, -0.05) is 0 Å². The van der Waals surface area contributed by atoms with E-state index in [2.05, 4.69) is 20.4 Å². The van der Waals surface area contributed by atoms with Gasteiger partial charge in [-0.2, -0.15) is 5.26 Å². The second-order valence-electron chi connectivity index (χ2n) is 1.19. The van der Waals surface area contributed by atoms with E-state index in [1.807, 2.05) is 0 Å². The third kappa shape index (κ3) is 1.07. The van der Waals surface area contributed by atoms with Crippen LogP contribution in [-0.4, -0.2) is 20.4 Å². The molecule has 0 aliphatic carbocycles. The SMILES string of the molecule is N#Cc1nnc(N)nn1. The van der Waals surface area contributed by atoms with E-state index < -0.39 is 0 Å². The number of nitriles is 1. The molecule has 0 bridgehead atoms. The summed E-state index contributed by atoms with van der Waals surface area (Å²) < 4.78 is 0. The minimum Gasteiger partial charge on any atom is -0.365 e. The summed E-state index contributed by atoms with van der Waals surface area (Å²) >= 11 is 0. The lowest BCUT2D eigenvalue weighted by Gasteiger charge is -1.83. The van der Waals surface area contributed by atoms with Crippen LogP contribution < -0.4 is 5.73 Å². The quantitative estimate of drug-likeness (QED) is 0.459. The highest BCUT2D eigenvalue weighted by Crippen LogP contribution is 1.81. The molecule has 0 spiro atoms. The van der Waals surface area contributed by atoms with E-state index in [1.165, 1.54) is 0 Å². The molecule has 9 heavy (non-hydrogen) atoms. The van der Waals surface area contributed by atoms with Crippen LogP contribution in [0.5, 0.6) is 0 Å². The Morgan fingerprint density at radius 1 is 1.22 bits per heavy atom. The Hall–Kier alpha value is -1.77. The van der Waals surface area contributed by atoms with Gasteiger partial charge in [-0.3, -0.25) is 0 Å². The molecule has 0 aliphatic heterocycles. The van der Waals surface area contributed by atoms with Gasteiger partial charge in [0.05, 0.1) is 0 Å². The third-order valence-electron chi connectivity index (χ3n) is 0.594. The van der Waals surface area contributed by atoms with Crippen LogP contribution in [0, 0.1) is 11.3 Å². The normalized spacial score (nSPS) is 8.33. The van der Waals surface area contributed by atoms with Gasteiger partial charge in [0.25, 0.3) is 11.8 Å². The van der Waals surface area contributed by atoms with Gasteiger partial charge < -0.3 is 5.73 Å². The number of hydrogen-bond acceptors (Lipinski definition) is 6. The van der Waals surface area contributed by atoms with Gasteiger partial charge in [-0.05, 0) is 0 Å². The molecule has 1 heterocycles. The van der Waals surface area contributed by atoms with E-state index in [-0.39, 0.29) is 11.8 Å². The lowest BCUT2D eigenvalue weighted by atomic mass is 10.7. The Kier molecular flexibility index (Phi) is 1.19.